The van der Waals surface area contributed by atoms with E-state index in [0.717, 1.165) is 36.3 Å². The van der Waals surface area contributed by atoms with E-state index in [-0.39, 0.29) is 5.57 Å². The summed E-state index contributed by atoms with van der Waals surface area (Å²) in [5.74, 6) is 0.307. The third kappa shape index (κ3) is 4.00. The lowest BCUT2D eigenvalue weighted by atomic mass is 10.0. The average Bonchev–Trinajstić information content (AvgIpc) is 2.73. The van der Waals surface area contributed by atoms with Crippen LogP contribution in [0.4, 0.5) is 5.69 Å². The van der Waals surface area contributed by atoms with Crippen molar-refractivity contribution < 1.29 is 9.53 Å². The molecule has 144 valence electrons. The van der Waals surface area contributed by atoms with Crippen molar-refractivity contribution in [2.45, 2.75) is 32.4 Å². The zero-order valence-electron chi connectivity index (χ0n) is 16.0. The number of nitriles is 1. The van der Waals surface area contributed by atoms with Crippen LogP contribution in [0.25, 0.3) is 0 Å². The van der Waals surface area contributed by atoms with Gasteiger partial charge in [-0.05, 0) is 48.2 Å². The number of hydrogen-bond acceptors (Lipinski definition) is 5. The fraction of sp³-hybridized carbons (Fsp3) is 0.273. The number of nitrogens with zero attached hydrogens (tertiary/aromatic N) is 2. The summed E-state index contributed by atoms with van der Waals surface area (Å²) in [7, 11) is 1.61. The molecule has 28 heavy (non-hydrogen) atoms. The summed E-state index contributed by atoms with van der Waals surface area (Å²) in [5.41, 5.74) is 2.99. The number of rotatable bonds is 6. The Morgan fingerprint density at radius 2 is 1.86 bits per heavy atom. The van der Waals surface area contributed by atoms with Gasteiger partial charge in [0.1, 0.15) is 23.6 Å². The Bertz CT molecular complexity index is 914. The Morgan fingerprint density at radius 1 is 1.18 bits per heavy atom. The number of thiol groups is 1. The summed E-state index contributed by atoms with van der Waals surface area (Å²) in [6.45, 7) is 2.17. The smallest absolute Gasteiger partial charge is 0.266 e. The average molecular weight is 394 g/mol. The number of carbonyl (C=O) groups is 1. The van der Waals surface area contributed by atoms with Crippen molar-refractivity contribution in [1.82, 2.24) is 5.32 Å². The third-order valence-electron chi connectivity index (χ3n) is 4.78. The number of unbranched alkanes of at least 4 members (excludes halogenated alkanes) is 1. The molecule has 1 unspecified atom stereocenters. The number of hydrogen-bond donors (Lipinski definition) is 2. The number of nitrogens with one attached hydrogen (secondary N) is 1. The molecule has 0 radical (unpaired) electrons. The minimum absolute atomic E-state index is 0.00292. The molecule has 1 atom stereocenters. The van der Waals surface area contributed by atoms with Gasteiger partial charge >= 0.3 is 0 Å². The second-order valence-electron chi connectivity index (χ2n) is 6.60. The number of carbonyl (C=O) groups excluding carboxylic acids is 1. The zero-order valence-corrected chi connectivity index (χ0v) is 16.9. The van der Waals surface area contributed by atoms with Gasteiger partial charge in [-0.15, -0.1) is 12.6 Å². The Balaban J connectivity index is 2.01. The van der Waals surface area contributed by atoms with Crippen LogP contribution in [0.1, 0.15) is 37.1 Å². The highest BCUT2D eigenvalue weighted by Gasteiger charge is 2.33. The van der Waals surface area contributed by atoms with E-state index >= 15 is 0 Å². The van der Waals surface area contributed by atoms with Crippen LogP contribution in [0.3, 0.4) is 0 Å². The Labute approximate surface area is 171 Å². The topological polar surface area (TPSA) is 65.4 Å². The minimum Gasteiger partial charge on any atom is -0.497 e. The van der Waals surface area contributed by atoms with Gasteiger partial charge in [0.15, 0.2) is 0 Å². The van der Waals surface area contributed by atoms with Crippen LogP contribution in [0.5, 0.6) is 5.75 Å². The van der Waals surface area contributed by atoms with E-state index in [2.05, 4.69) is 37.0 Å². The molecule has 0 saturated heterocycles. The van der Waals surface area contributed by atoms with Crippen LogP contribution >= 0.6 is 12.6 Å². The highest BCUT2D eigenvalue weighted by Crippen LogP contribution is 2.36. The summed E-state index contributed by atoms with van der Waals surface area (Å²) >= 11 is 4.53. The maximum Gasteiger partial charge on any atom is 0.266 e. The SMILES string of the molecule is CCCCc1ccc(N2C(S)=C(C#N)C(=O)NC2c2ccc(OC)cc2)cc1. The molecule has 1 aliphatic rings. The van der Waals surface area contributed by atoms with E-state index in [4.69, 9.17) is 4.74 Å². The van der Waals surface area contributed by atoms with Crippen LogP contribution in [0.15, 0.2) is 59.1 Å². The molecule has 2 aromatic rings. The monoisotopic (exact) mass is 393 g/mol. The zero-order chi connectivity index (χ0) is 20.1. The molecule has 3 rings (SSSR count). The number of benzene rings is 2. The fourth-order valence-corrected chi connectivity index (χ4v) is 3.58. The minimum atomic E-state index is -0.468. The normalized spacial score (nSPS) is 16.6. The quantitative estimate of drug-likeness (QED) is 0.717. The fourth-order valence-electron chi connectivity index (χ4n) is 3.20. The Morgan fingerprint density at radius 3 is 2.43 bits per heavy atom. The van der Waals surface area contributed by atoms with Gasteiger partial charge in [-0.3, -0.25) is 4.79 Å². The molecule has 6 heteroatoms. The van der Waals surface area contributed by atoms with Crippen molar-refractivity contribution in [1.29, 1.82) is 5.26 Å². The lowest BCUT2D eigenvalue weighted by molar-refractivity contribution is -0.118. The van der Waals surface area contributed by atoms with Crippen LogP contribution in [0, 0.1) is 11.3 Å². The largest absolute Gasteiger partial charge is 0.497 e. The molecule has 1 heterocycles. The van der Waals surface area contributed by atoms with Crippen molar-refractivity contribution in [3.05, 3.63) is 70.3 Å². The van der Waals surface area contributed by atoms with Crippen LogP contribution < -0.4 is 15.0 Å². The molecular weight excluding hydrogens is 370 g/mol. The van der Waals surface area contributed by atoms with Gasteiger partial charge in [0.2, 0.25) is 0 Å². The van der Waals surface area contributed by atoms with Gasteiger partial charge in [0, 0.05) is 5.69 Å². The lowest BCUT2D eigenvalue weighted by Gasteiger charge is -2.38. The molecule has 0 saturated carbocycles. The van der Waals surface area contributed by atoms with E-state index < -0.39 is 12.1 Å². The van der Waals surface area contributed by atoms with Crippen LogP contribution in [0.2, 0.25) is 0 Å². The van der Waals surface area contributed by atoms with Crippen molar-refractivity contribution >= 4 is 24.2 Å². The Kier molecular flexibility index (Phi) is 6.27. The lowest BCUT2D eigenvalue weighted by Crippen LogP contribution is -2.46. The number of methoxy groups -OCH3 is 1. The second-order valence-corrected chi connectivity index (χ2v) is 7.02. The maximum absolute atomic E-state index is 12.4. The predicted octanol–water partition coefficient (Wildman–Crippen LogP) is 4.34. The first kappa shape index (κ1) is 19.8. The molecule has 1 N–H and O–H groups in total. The summed E-state index contributed by atoms with van der Waals surface area (Å²) in [6, 6.07) is 17.6. The van der Waals surface area contributed by atoms with E-state index in [9.17, 15) is 10.1 Å². The van der Waals surface area contributed by atoms with Gasteiger partial charge in [0.25, 0.3) is 5.91 Å². The first-order valence-corrected chi connectivity index (χ1v) is 9.70. The molecule has 1 aliphatic heterocycles. The van der Waals surface area contributed by atoms with Crippen molar-refractivity contribution in [2.75, 3.05) is 12.0 Å². The number of anilines is 1. The number of ether oxygens (including phenoxy) is 1. The van der Waals surface area contributed by atoms with Gasteiger partial charge in [-0.1, -0.05) is 37.6 Å². The van der Waals surface area contributed by atoms with Crippen molar-refractivity contribution in [3.63, 3.8) is 0 Å². The summed E-state index contributed by atoms with van der Waals surface area (Å²) < 4.78 is 5.22. The number of amides is 1. The van der Waals surface area contributed by atoms with Crippen LogP contribution in [-0.2, 0) is 11.2 Å². The Hall–Kier alpha value is -2.91. The third-order valence-corrected chi connectivity index (χ3v) is 5.22. The standard InChI is InChI=1S/C22H23N3O2S/c1-3-4-5-15-6-10-17(11-7-15)25-20(16-8-12-18(27-2)13-9-16)24-21(26)19(14-23)22(25)28/h6-13,20,28H,3-5H2,1-2H3,(H,24,26). The molecular formula is C22H23N3O2S. The highest BCUT2D eigenvalue weighted by molar-refractivity contribution is 7.84. The molecule has 1 amide bonds. The van der Waals surface area contributed by atoms with E-state index in [1.807, 2.05) is 47.4 Å². The van der Waals surface area contributed by atoms with Gasteiger partial charge in [0.05, 0.1) is 12.1 Å². The molecule has 0 bridgehead atoms. The maximum atomic E-state index is 12.4. The molecule has 5 nitrogen and oxygen atoms in total. The first-order chi connectivity index (χ1) is 13.6. The molecule has 0 fully saturated rings. The molecule has 2 aromatic carbocycles. The molecule has 0 spiro atoms. The van der Waals surface area contributed by atoms with Gasteiger partial charge in [-0.2, -0.15) is 5.26 Å². The van der Waals surface area contributed by atoms with Crippen molar-refractivity contribution in [3.8, 4) is 11.8 Å². The van der Waals surface area contributed by atoms with Gasteiger partial charge in [-0.25, -0.2) is 0 Å². The van der Waals surface area contributed by atoms with E-state index in [0.29, 0.717) is 5.03 Å². The van der Waals surface area contributed by atoms with Crippen molar-refractivity contribution in [2.24, 2.45) is 0 Å². The second kappa shape index (κ2) is 8.85. The van der Waals surface area contributed by atoms with Gasteiger partial charge < -0.3 is 15.0 Å². The summed E-state index contributed by atoms with van der Waals surface area (Å²) in [5, 5.41) is 12.7. The first-order valence-electron chi connectivity index (χ1n) is 9.25. The summed E-state index contributed by atoms with van der Waals surface area (Å²) in [6.07, 6.45) is 2.85. The predicted molar refractivity (Wildman–Crippen MR) is 113 cm³/mol. The molecule has 0 aliphatic carbocycles. The van der Waals surface area contributed by atoms with E-state index in [1.165, 1.54) is 5.56 Å². The van der Waals surface area contributed by atoms with E-state index in [1.54, 1.807) is 7.11 Å². The summed E-state index contributed by atoms with van der Waals surface area (Å²) in [4.78, 5) is 14.3. The molecule has 0 aromatic heterocycles. The van der Waals surface area contributed by atoms with Crippen LogP contribution in [-0.4, -0.2) is 13.0 Å². The number of aryl methyl sites for hydroxylation is 1. The highest BCUT2D eigenvalue weighted by atomic mass is 32.1.